The molecule has 29 heavy (non-hydrogen) atoms. The molecule has 2 heterocycles. The highest BCUT2D eigenvalue weighted by Gasteiger charge is 2.22. The van der Waals surface area contributed by atoms with Gasteiger partial charge in [0.1, 0.15) is 6.10 Å². The van der Waals surface area contributed by atoms with Crippen molar-refractivity contribution < 1.29 is 9.13 Å². The van der Waals surface area contributed by atoms with Crippen molar-refractivity contribution in [2.45, 2.75) is 25.5 Å². The third-order valence-electron chi connectivity index (χ3n) is 5.79. The van der Waals surface area contributed by atoms with Gasteiger partial charge in [0.25, 0.3) is 0 Å². The molecule has 146 valence electrons. The maximum atomic E-state index is 14.4. The number of halogens is 1. The van der Waals surface area contributed by atoms with Gasteiger partial charge >= 0.3 is 0 Å². The van der Waals surface area contributed by atoms with Gasteiger partial charge < -0.3 is 4.74 Å². The minimum Gasteiger partial charge on any atom is -0.487 e. The molecule has 0 atom stereocenters. The quantitative estimate of drug-likeness (QED) is 0.458. The average molecular weight is 386 g/mol. The molecule has 1 aliphatic heterocycles. The number of hydrogen-bond acceptors (Lipinski definition) is 3. The number of rotatable bonds is 4. The molecule has 4 aromatic rings. The van der Waals surface area contributed by atoms with Crippen molar-refractivity contribution in [3.05, 3.63) is 84.4 Å². The Balaban J connectivity index is 1.24. The Morgan fingerprint density at radius 3 is 2.66 bits per heavy atom. The molecule has 0 saturated carbocycles. The lowest BCUT2D eigenvalue weighted by molar-refractivity contribution is 0.0939. The molecule has 0 bridgehead atoms. The van der Waals surface area contributed by atoms with Gasteiger partial charge in [0.05, 0.1) is 0 Å². The maximum absolute atomic E-state index is 14.4. The van der Waals surface area contributed by atoms with E-state index in [0.717, 1.165) is 43.2 Å². The van der Waals surface area contributed by atoms with Gasteiger partial charge in [-0.3, -0.25) is 9.88 Å². The smallest absolute Gasteiger partial charge is 0.165 e. The highest BCUT2D eigenvalue weighted by Crippen LogP contribution is 2.28. The molecule has 1 aromatic heterocycles. The van der Waals surface area contributed by atoms with Crippen molar-refractivity contribution in [1.82, 2.24) is 9.88 Å². The van der Waals surface area contributed by atoms with Gasteiger partial charge in [-0.25, -0.2) is 4.39 Å². The van der Waals surface area contributed by atoms with Gasteiger partial charge in [-0.05, 0) is 52.8 Å². The van der Waals surface area contributed by atoms with E-state index in [1.54, 1.807) is 18.5 Å². The van der Waals surface area contributed by atoms with Crippen molar-refractivity contribution in [2.24, 2.45) is 0 Å². The topological polar surface area (TPSA) is 25.4 Å². The van der Waals surface area contributed by atoms with Gasteiger partial charge in [0, 0.05) is 37.4 Å². The minimum atomic E-state index is -0.316. The van der Waals surface area contributed by atoms with E-state index in [-0.39, 0.29) is 11.9 Å². The third kappa shape index (κ3) is 3.81. The Bertz CT molecular complexity index is 1150. The van der Waals surface area contributed by atoms with Crippen LogP contribution in [0.15, 0.2) is 73.1 Å². The van der Waals surface area contributed by atoms with Crippen LogP contribution in [-0.2, 0) is 6.54 Å². The molecule has 3 nitrogen and oxygen atoms in total. The summed E-state index contributed by atoms with van der Waals surface area (Å²) in [4.78, 5) is 6.51. The molecule has 4 heteroatoms. The van der Waals surface area contributed by atoms with Crippen molar-refractivity contribution in [1.29, 1.82) is 0 Å². The molecule has 3 aromatic carbocycles. The molecule has 1 fully saturated rings. The second kappa shape index (κ2) is 7.80. The first-order chi connectivity index (χ1) is 14.3. The zero-order valence-electron chi connectivity index (χ0n) is 16.2. The summed E-state index contributed by atoms with van der Waals surface area (Å²) in [6, 6.07) is 20.2. The van der Waals surface area contributed by atoms with Crippen LogP contribution in [0.25, 0.3) is 21.5 Å². The first-order valence-corrected chi connectivity index (χ1v) is 10.2. The zero-order chi connectivity index (χ0) is 19.6. The van der Waals surface area contributed by atoms with Gasteiger partial charge in [-0.15, -0.1) is 0 Å². The molecule has 1 saturated heterocycles. The van der Waals surface area contributed by atoms with E-state index >= 15 is 0 Å². The molecular weight excluding hydrogens is 363 g/mol. The normalized spacial score (nSPS) is 15.8. The van der Waals surface area contributed by atoms with E-state index in [2.05, 4.69) is 52.3 Å². The average Bonchev–Trinajstić information content (AvgIpc) is 2.76. The second-order valence-corrected chi connectivity index (χ2v) is 7.74. The van der Waals surface area contributed by atoms with Crippen LogP contribution in [0.2, 0.25) is 0 Å². The Morgan fingerprint density at radius 1 is 0.931 bits per heavy atom. The number of hydrogen-bond donors (Lipinski definition) is 0. The van der Waals surface area contributed by atoms with E-state index in [1.165, 1.54) is 22.4 Å². The van der Waals surface area contributed by atoms with Gasteiger partial charge in [0.2, 0.25) is 0 Å². The number of ether oxygens (including phenoxy) is 1. The Hall–Kier alpha value is -2.98. The number of nitrogens with zero attached hydrogens (tertiary/aromatic N) is 2. The first-order valence-electron chi connectivity index (χ1n) is 10.2. The maximum Gasteiger partial charge on any atom is 0.165 e. The summed E-state index contributed by atoms with van der Waals surface area (Å²) in [5.74, 6) is 0.0277. The zero-order valence-corrected chi connectivity index (χ0v) is 16.2. The summed E-state index contributed by atoms with van der Waals surface area (Å²) in [7, 11) is 0. The molecule has 0 amide bonds. The minimum absolute atomic E-state index is 0.0487. The van der Waals surface area contributed by atoms with Crippen molar-refractivity contribution in [3.63, 3.8) is 0 Å². The van der Waals surface area contributed by atoms with Crippen LogP contribution in [0.5, 0.6) is 5.75 Å². The summed E-state index contributed by atoms with van der Waals surface area (Å²) in [6.07, 6.45) is 5.24. The summed E-state index contributed by atoms with van der Waals surface area (Å²) in [5.41, 5.74) is 1.36. The number of piperidine rings is 1. The van der Waals surface area contributed by atoms with Crippen LogP contribution in [0.3, 0.4) is 0 Å². The summed E-state index contributed by atoms with van der Waals surface area (Å²) in [6.45, 7) is 2.84. The molecule has 5 rings (SSSR count). The summed E-state index contributed by atoms with van der Waals surface area (Å²) >= 11 is 0. The number of benzene rings is 3. The van der Waals surface area contributed by atoms with E-state index in [1.807, 2.05) is 6.07 Å². The van der Waals surface area contributed by atoms with E-state index < -0.39 is 0 Å². The van der Waals surface area contributed by atoms with Crippen molar-refractivity contribution in [3.8, 4) is 5.75 Å². The number of aromatic nitrogens is 1. The van der Waals surface area contributed by atoms with Gasteiger partial charge in [-0.1, -0.05) is 42.5 Å². The van der Waals surface area contributed by atoms with Crippen LogP contribution >= 0.6 is 0 Å². The lowest BCUT2D eigenvalue weighted by Gasteiger charge is -2.32. The Morgan fingerprint density at radius 2 is 1.76 bits per heavy atom. The van der Waals surface area contributed by atoms with E-state index in [4.69, 9.17) is 4.74 Å². The number of pyridine rings is 1. The Labute approximate surface area is 169 Å². The monoisotopic (exact) mass is 386 g/mol. The van der Waals surface area contributed by atoms with Crippen LogP contribution in [-0.4, -0.2) is 29.1 Å². The largest absolute Gasteiger partial charge is 0.487 e. The van der Waals surface area contributed by atoms with Crippen LogP contribution in [0, 0.1) is 5.82 Å². The van der Waals surface area contributed by atoms with Gasteiger partial charge in [0.15, 0.2) is 11.6 Å². The molecule has 0 spiro atoms. The lowest BCUT2D eigenvalue weighted by atomic mass is 10.0. The fourth-order valence-electron chi connectivity index (χ4n) is 4.21. The predicted molar refractivity (Wildman–Crippen MR) is 115 cm³/mol. The number of likely N-dealkylation sites (tertiary alicyclic amines) is 1. The van der Waals surface area contributed by atoms with Crippen LogP contribution in [0.4, 0.5) is 4.39 Å². The predicted octanol–water partition coefficient (Wildman–Crippen LogP) is 5.57. The molecule has 0 N–H and O–H groups in total. The SMILES string of the molecule is Fc1cc2cnccc2cc1OC1CCN(Cc2cccc3ccccc23)CC1. The highest BCUT2D eigenvalue weighted by atomic mass is 19.1. The number of fused-ring (bicyclic) bond motifs is 2. The lowest BCUT2D eigenvalue weighted by Crippen LogP contribution is -2.37. The molecule has 0 radical (unpaired) electrons. The molecule has 0 unspecified atom stereocenters. The molecule has 0 aliphatic carbocycles. The first kappa shape index (κ1) is 18.1. The van der Waals surface area contributed by atoms with E-state index in [9.17, 15) is 4.39 Å². The van der Waals surface area contributed by atoms with Crippen molar-refractivity contribution in [2.75, 3.05) is 13.1 Å². The van der Waals surface area contributed by atoms with E-state index in [0.29, 0.717) is 5.75 Å². The van der Waals surface area contributed by atoms with Crippen LogP contribution in [0.1, 0.15) is 18.4 Å². The van der Waals surface area contributed by atoms with Crippen molar-refractivity contribution >= 4 is 21.5 Å². The summed E-state index contributed by atoms with van der Waals surface area (Å²) in [5, 5.41) is 4.35. The molecular formula is C25H23FN2O. The fraction of sp³-hybridized carbons (Fsp3) is 0.240. The summed E-state index contributed by atoms with van der Waals surface area (Å²) < 4.78 is 20.5. The molecule has 1 aliphatic rings. The third-order valence-corrected chi connectivity index (χ3v) is 5.79. The second-order valence-electron chi connectivity index (χ2n) is 7.74. The standard InChI is InChI=1S/C25H23FN2O/c26-24-14-21-16-27-11-8-19(21)15-25(24)29-22-9-12-28(13-10-22)17-20-6-3-5-18-4-1-2-7-23(18)20/h1-8,11,14-16,22H,9-10,12-13,17H2. The van der Waals surface area contributed by atoms with Crippen LogP contribution < -0.4 is 4.74 Å². The Kier molecular flexibility index (Phi) is 4.86. The van der Waals surface area contributed by atoms with Gasteiger partial charge in [-0.2, -0.15) is 0 Å². The fourth-order valence-corrected chi connectivity index (χ4v) is 4.21. The highest BCUT2D eigenvalue weighted by molar-refractivity contribution is 5.85.